The first-order chi connectivity index (χ1) is 8.28. The van der Waals surface area contributed by atoms with Crippen molar-refractivity contribution >= 4 is 11.6 Å². The Bertz CT molecular complexity index is 469. The van der Waals surface area contributed by atoms with Gasteiger partial charge < -0.3 is 15.6 Å². The largest absolute Gasteiger partial charge is 0.384 e. The first kappa shape index (κ1) is 11.4. The summed E-state index contributed by atoms with van der Waals surface area (Å²) in [7, 11) is 0. The fourth-order valence-corrected chi connectivity index (χ4v) is 1.45. The molecule has 0 saturated carbocycles. The summed E-state index contributed by atoms with van der Waals surface area (Å²) in [5.74, 6) is 2.69. The molecule has 0 saturated heterocycles. The Hall–Kier alpha value is -2.11. The van der Waals surface area contributed by atoms with E-state index in [1.165, 1.54) is 0 Å². The van der Waals surface area contributed by atoms with Crippen LogP contribution >= 0.6 is 0 Å². The summed E-state index contributed by atoms with van der Waals surface area (Å²) in [6, 6.07) is 3.50. The lowest BCUT2D eigenvalue weighted by Gasteiger charge is -2.06. The van der Waals surface area contributed by atoms with Gasteiger partial charge in [0.25, 0.3) is 0 Å². The number of hydrogen-bond donors (Lipinski definition) is 2. The zero-order valence-electron chi connectivity index (χ0n) is 9.68. The SMILES string of the molecule is CCCc1nc(N)cc(NCc2ccno2)n1. The molecule has 2 rings (SSSR count). The third-order valence-corrected chi connectivity index (χ3v) is 2.20. The predicted octanol–water partition coefficient (Wildman–Crippen LogP) is 1.61. The van der Waals surface area contributed by atoms with Gasteiger partial charge in [0.15, 0.2) is 5.76 Å². The third kappa shape index (κ3) is 3.17. The van der Waals surface area contributed by atoms with Crippen molar-refractivity contribution in [2.75, 3.05) is 11.1 Å². The molecule has 6 heteroatoms. The number of nitrogens with two attached hydrogens (primary N) is 1. The second kappa shape index (κ2) is 5.29. The van der Waals surface area contributed by atoms with E-state index in [9.17, 15) is 0 Å². The van der Waals surface area contributed by atoms with Crippen LogP contribution < -0.4 is 11.1 Å². The molecule has 0 spiro atoms. The molecule has 0 aliphatic carbocycles. The molecule has 3 N–H and O–H groups in total. The van der Waals surface area contributed by atoms with E-state index in [1.54, 1.807) is 18.3 Å². The van der Waals surface area contributed by atoms with Crippen molar-refractivity contribution < 1.29 is 4.52 Å². The number of nitrogens with zero attached hydrogens (tertiary/aromatic N) is 3. The van der Waals surface area contributed by atoms with Gasteiger partial charge in [0.1, 0.15) is 17.5 Å². The lowest BCUT2D eigenvalue weighted by Crippen LogP contribution is -2.06. The standard InChI is InChI=1S/C11H15N5O/c1-2-3-10-15-9(12)6-11(16-10)13-7-8-4-5-14-17-8/h4-6H,2-3,7H2,1H3,(H3,12,13,15,16). The van der Waals surface area contributed by atoms with Crippen molar-refractivity contribution in [2.45, 2.75) is 26.3 Å². The summed E-state index contributed by atoms with van der Waals surface area (Å²) in [5, 5.41) is 6.75. The highest BCUT2D eigenvalue weighted by atomic mass is 16.5. The lowest BCUT2D eigenvalue weighted by molar-refractivity contribution is 0.388. The minimum Gasteiger partial charge on any atom is -0.384 e. The zero-order valence-corrected chi connectivity index (χ0v) is 9.68. The first-order valence-corrected chi connectivity index (χ1v) is 5.55. The maximum Gasteiger partial charge on any atom is 0.155 e. The van der Waals surface area contributed by atoms with Gasteiger partial charge in [-0.3, -0.25) is 0 Å². The van der Waals surface area contributed by atoms with Crippen LogP contribution in [0.2, 0.25) is 0 Å². The van der Waals surface area contributed by atoms with Crippen LogP contribution in [0.1, 0.15) is 24.9 Å². The Labute approximate surface area is 99.2 Å². The minimum atomic E-state index is 0.475. The van der Waals surface area contributed by atoms with Gasteiger partial charge in [-0.25, -0.2) is 9.97 Å². The fourth-order valence-electron chi connectivity index (χ4n) is 1.45. The maximum absolute atomic E-state index is 5.71. The molecule has 0 aromatic carbocycles. The van der Waals surface area contributed by atoms with Crippen molar-refractivity contribution in [2.24, 2.45) is 0 Å². The van der Waals surface area contributed by atoms with Crippen molar-refractivity contribution in [3.8, 4) is 0 Å². The van der Waals surface area contributed by atoms with Crippen LogP contribution in [0.15, 0.2) is 22.9 Å². The molecule has 0 bridgehead atoms. The van der Waals surface area contributed by atoms with Crippen molar-refractivity contribution in [1.82, 2.24) is 15.1 Å². The summed E-state index contributed by atoms with van der Waals surface area (Å²) in [5.41, 5.74) is 5.71. The molecule has 0 unspecified atom stereocenters. The van der Waals surface area contributed by atoms with Crippen molar-refractivity contribution in [3.63, 3.8) is 0 Å². The molecule has 2 heterocycles. The molecule has 6 nitrogen and oxygen atoms in total. The van der Waals surface area contributed by atoms with E-state index in [-0.39, 0.29) is 0 Å². The maximum atomic E-state index is 5.71. The number of hydrogen-bond acceptors (Lipinski definition) is 6. The summed E-state index contributed by atoms with van der Waals surface area (Å²) >= 11 is 0. The van der Waals surface area contributed by atoms with E-state index in [4.69, 9.17) is 10.3 Å². The third-order valence-electron chi connectivity index (χ3n) is 2.20. The highest BCUT2D eigenvalue weighted by Gasteiger charge is 2.03. The number of nitrogen functional groups attached to an aromatic ring is 1. The molecule has 0 amide bonds. The van der Waals surface area contributed by atoms with E-state index in [0.717, 1.165) is 24.4 Å². The Kier molecular flexibility index (Phi) is 3.54. The van der Waals surface area contributed by atoms with Crippen LogP contribution in [-0.2, 0) is 13.0 Å². The fraction of sp³-hybridized carbons (Fsp3) is 0.364. The predicted molar refractivity (Wildman–Crippen MR) is 64.3 cm³/mol. The quantitative estimate of drug-likeness (QED) is 0.815. The molecular formula is C11H15N5O. The van der Waals surface area contributed by atoms with Crippen LogP contribution in [0.25, 0.3) is 0 Å². The normalized spacial score (nSPS) is 10.4. The number of anilines is 2. The van der Waals surface area contributed by atoms with Crippen molar-refractivity contribution in [1.29, 1.82) is 0 Å². The summed E-state index contributed by atoms with van der Waals surface area (Å²) in [6.07, 6.45) is 3.42. The average Bonchev–Trinajstić information content (AvgIpc) is 2.79. The summed E-state index contributed by atoms with van der Waals surface area (Å²) < 4.78 is 4.98. The second-order valence-electron chi connectivity index (χ2n) is 3.68. The smallest absolute Gasteiger partial charge is 0.155 e. The molecule has 0 aliphatic rings. The molecule has 0 fully saturated rings. The highest BCUT2D eigenvalue weighted by Crippen LogP contribution is 2.11. The summed E-state index contributed by atoms with van der Waals surface area (Å²) in [6.45, 7) is 2.61. The van der Waals surface area contributed by atoms with Crippen LogP contribution in [0, 0.1) is 0 Å². The monoisotopic (exact) mass is 233 g/mol. The van der Waals surface area contributed by atoms with Gasteiger partial charge in [-0.2, -0.15) is 0 Å². The molecular weight excluding hydrogens is 218 g/mol. The van der Waals surface area contributed by atoms with E-state index in [1.807, 2.05) is 0 Å². The lowest BCUT2D eigenvalue weighted by atomic mass is 10.3. The van der Waals surface area contributed by atoms with E-state index >= 15 is 0 Å². The van der Waals surface area contributed by atoms with Gasteiger partial charge >= 0.3 is 0 Å². The molecule has 0 aliphatic heterocycles. The molecule has 0 radical (unpaired) electrons. The average molecular weight is 233 g/mol. The van der Waals surface area contributed by atoms with Crippen LogP contribution in [0.3, 0.4) is 0 Å². The van der Waals surface area contributed by atoms with Gasteiger partial charge in [-0.1, -0.05) is 12.1 Å². The van der Waals surface area contributed by atoms with Crippen molar-refractivity contribution in [3.05, 3.63) is 29.9 Å². The van der Waals surface area contributed by atoms with Gasteiger partial charge in [0.2, 0.25) is 0 Å². The number of aryl methyl sites for hydroxylation is 1. The Morgan fingerprint density at radius 2 is 2.29 bits per heavy atom. The molecule has 17 heavy (non-hydrogen) atoms. The van der Waals surface area contributed by atoms with E-state index < -0.39 is 0 Å². The van der Waals surface area contributed by atoms with Gasteiger partial charge in [-0.05, 0) is 6.42 Å². The molecule has 2 aromatic heterocycles. The molecule has 90 valence electrons. The zero-order chi connectivity index (χ0) is 12.1. The molecule has 0 atom stereocenters. The van der Waals surface area contributed by atoms with Crippen LogP contribution in [-0.4, -0.2) is 15.1 Å². The Morgan fingerprint density at radius 1 is 1.41 bits per heavy atom. The van der Waals surface area contributed by atoms with Gasteiger partial charge in [-0.15, -0.1) is 0 Å². The van der Waals surface area contributed by atoms with E-state index in [0.29, 0.717) is 18.2 Å². The topological polar surface area (TPSA) is 89.9 Å². The van der Waals surface area contributed by atoms with Gasteiger partial charge in [0, 0.05) is 18.6 Å². The highest BCUT2D eigenvalue weighted by molar-refractivity contribution is 5.44. The van der Waals surface area contributed by atoms with Crippen LogP contribution in [0.5, 0.6) is 0 Å². The number of rotatable bonds is 5. The number of nitrogens with one attached hydrogen (secondary N) is 1. The Morgan fingerprint density at radius 3 is 3.00 bits per heavy atom. The number of aromatic nitrogens is 3. The van der Waals surface area contributed by atoms with E-state index in [2.05, 4.69) is 27.4 Å². The molecule has 2 aromatic rings. The second-order valence-corrected chi connectivity index (χ2v) is 3.68. The minimum absolute atomic E-state index is 0.475. The van der Waals surface area contributed by atoms with Gasteiger partial charge in [0.05, 0.1) is 12.7 Å². The first-order valence-electron chi connectivity index (χ1n) is 5.55. The summed E-state index contributed by atoms with van der Waals surface area (Å²) in [4.78, 5) is 8.52. The Balaban J connectivity index is 2.04. The van der Waals surface area contributed by atoms with Crippen LogP contribution in [0.4, 0.5) is 11.6 Å².